The lowest BCUT2D eigenvalue weighted by Crippen LogP contribution is -2.41. The lowest BCUT2D eigenvalue weighted by molar-refractivity contribution is -0.135. The first-order valence-electron chi connectivity index (χ1n) is 7.27. The van der Waals surface area contributed by atoms with Gasteiger partial charge in [0.2, 0.25) is 5.91 Å². The zero-order valence-electron chi connectivity index (χ0n) is 12.7. The van der Waals surface area contributed by atoms with E-state index in [0.29, 0.717) is 19.6 Å². The largest absolute Gasteiger partial charge is 0.378 e. The van der Waals surface area contributed by atoms with Gasteiger partial charge in [0, 0.05) is 51.0 Å². The molecule has 0 radical (unpaired) electrons. The van der Waals surface area contributed by atoms with E-state index in [0.717, 1.165) is 26.2 Å². The number of rotatable bonds is 5. The molecule has 1 N–H and O–H groups in total. The first kappa shape index (κ1) is 15.1. The van der Waals surface area contributed by atoms with Gasteiger partial charge in [-0.2, -0.15) is 0 Å². The summed E-state index contributed by atoms with van der Waals surface area (Å²) in [6.07, 6.45) is 0.560. The fourth-order valence-corrected chi connectivity index (χ4v) is 2.50. The van der Waals surface area contributed by atoms with E-state index >= 15 is 0 Å². The predicted octanol–water partition coefficient (Wildman–Crippen LogP) is 0.980. The highest BCUT2D eigenvalue weighted by Gasteiger charge is 2.16. The molecular weight excluding hydrogens is 254 g/mol. The standard InChI is InChI=1S/C15H25N3O2/c1-12-10-14(13(2)17(12)3)11-16-5-4-15(19)18-6-8-20-9-7-18/h10,16H,4-9,11H2,1-3H3. The highest BCUT2D eigenvalue weighted by Crippen LogP contribution is 2.12. The van der Waals surface area contributed by atoms with E-state index in [4.69, 9.17) is 4.74 Å². The third kappa shape index (κ3) is 3.61. The van der Waals surface area contributed by atoms with Crippen LogP contribution in [0.5, 0.6) is 0 Å². The molecule has 5 nitrogen and oxygen atoms in total. The molecule has 1 fully saturated rings. The Morgan fingerprint density at radius 2 is 2.05 bits per heavy atom. The van der Waals surface area contributed by atoms with Crippen LogP contribution in [0.3, 0.4) is 0 Å². The van der Waals surface area contributed by atoms with Crippen LogP contribution in [0.15, 0.2) is 6.07 Å². The molecule has 2 rings (SSSR count). The number of carbonyl (C=O) groups excluding carboxylic acids is 1. The van der Waals surface area contributed by atoms with Crippen LogP contribution < -0.4 is 5.32 Å². The van der Waals surface area contributed by atoms with Crippen LogP contribution in [-0.2, 0) is 23.1 Å². The second-order valence-corrected chi connectivity index (χ2v) is 5.38. The van der Waals surface area contributed by atoms with Gasteiger partial charge in [-0.3, -0.25) is 4.79 Å². The van der Waals surface area contributed by atoms with Gasteiger partial charge in [-0.25, -0.2) is 0 Å². The molecule has 0 bridgehead atoms. The van der Waals surface area contributed by atoms with Crippen LogP contribution in [0.25, 0.3) is 0 Å². The fraction of sp³-hybridized carbons (Fsp3) is 0.667. The number of carbonyl (C=O) groups is 1. The molecule has 1 saturated heterocycles. The molecule has 0 atom stereocenters. The van der Waals surface area contributed by atoms with E-state index in [1.807, 2.05) is 4.90 Å². The maximum atomic E-state index is 12.0. The third-order valence-corrected chi connectivity index (χ3v) is 4.07. The quantitative estimate of drug-likeness (QED) is 0.817. The van der Waals surface area contributed by atoms with E-state index in [1.165, 1.54) is 17.0 Å². The average Bonchev–Trinajstić information content (AvgIpc) is 2.71. The summed E-state index contributed by atoms with van der Waals surface area (Å²) < 4.78 is 7.44. The summed E-state index contributed by atoms with van der Waals surface area (Å²) in [6, 6.07) is 2.20. The molecule has 0 saturated carbocycles. The minimum atomic E-state index is 0.224. The lowest BCUT2D eigenvalue weighted by Gasteiger charge is -2.26. The van der Waals surface area contributed by atoms with Gasteiger partial charge in [0.05, 0.1) is 13.2 Å². The number of aromatic nitrogens is 1. The van der Waals surface area contributed by atoms with Gasteiger partial charge in [0.15, 0.2) is 0 Å². The molecule has 0 aliphatic carbocycles. The lowest BCUT2D eigenvalue weighted by atomic mass is 10.2. The van der Waals surface area contributed by atoms with E-state index in [2.05, 4.69) is 36.8 Å². The summed E-state index contributed by atoms with van der Waals surface area (Å²) in [5, 5.41) is 3.36. The summed E-state index contributed by atoms with van der Waals surface area (Å²) in [7, 11) is 2.08. The molecule has 2 heterocycles. The summed E-state index contributed by atoms with van der Waals surface area (Å²) in [5.74, 6) is 0.224. The molecule has 1 aromatic heterocycles. The fourth-order valence-electron chi connectivity index (χ4n) is 2.50. The second kappa shape index (κ2) is 6.90. The summed E-state index contributed by atoms with van der Waals surface area (Å²) in [4.78, 5) is 13.9. The number of aryl methyl sites for hydroxylation is 1. The minimum absolute atomic E-state index is 0.224. The van der Waals surface area contributed by atoms with Crippen LogP contribution >= 0.6 is 0 Å². The van der Waals surface area contributed by atoms with Gasteiger partial charge in [0.25, 0.3) is 0 Å². The van der Waals surface area contributed by atoms with Crippen LogP contribution in [0, 0.1) is 13.8 Å². The highest BCUT2D eigenvalue weighted by atomic mass is 16.5. The Labute approximate surface area is 120 Å². The highest BCUT2D eigenvalue weighted by molar-refractivity contribution is 5.76. The van der Waals surface area contributed by atoms with E-state index in [1.54, 1.807) is 0 Å². The number of nitrogens with one attached hydrogen (secondary N) is 1. The summed E-state index contributed by atoms with van der Waals surface area (Å²) in [5.41, 5.74) is 3.86. The molecule has 1 aliphatic rings. The molecule has 5 heteroatoms. The number of amides is 1. The van der Waals surface area contributed by atoms with E-state index in [-0.39, 0.29) is 5.91 Å². The first-order valence-corrected chi connectivity index (χ1v) is 7.27. The van der Waals surface area contributed by atoms with Gasteiger partial charge >= 0.3 is 0 Å². The first-order chi connectivity index (χ1) is 9.59. The maximum Gasteiger partial charge on any atom is 0.224 e. The van der Waals surface area contributed by atoms with Crippen LogP contribution in [-0.4, -0.2) is 48.2 Å². The maximum absolute atomic E-state index is 12.0. The van der Waals surface area contributed by atoms with Crippen molar-refractivity contribution in [2.45, 2.75) is 26.8 Å². The molecule has 20 heavy (non-hydrogen) atoms. The van der Waals surface area contributed by atoms with Crippen molar-refractivity contribution < 1.29 is 9.53 Å². The van der Waals surface area contributed by atoms with Crippen molar-refractivity contribution in [3.63, 3.8) is 0 Å². The van der Waals surface area contributed by atoms with Gasteiger partial charge in [-0.15, -0.1) is 0 Å². The Hall–Kier alpha value is -1.33. The summed E-state index contributed by atoms with van der Waals surface area (Å²) >= 11 is 0. The molecule has 0 unspecified atom stereocenters. The Morgan fingerprint density at radius 3 is 2.65 bits per heavy atom. The average molecular weight is 279 g/mol. The Bertz CT molecular complexity index is 462. The van der Waals surface area contributed by atoms with Crippen LogP contribution in [0.2, 0.25) is 0 Å². The summed E-state index contributed by atoms with van der Waals surface area (Å²) in [6.45, 7) is 8.59. The van der Waals surface area contributed by atoms with Crippen molar-refractivity contribution in [2.75, 3.05) is 32.8 Å². The van der Waals surface area contributed by atoms with Crippen molar-refractivity contribution in [3.8, 4) is 0 Å². The van der Waals surface area contributed by atoms with Gasteiger partial charge in [0.1, 0.15) is 0 Å². The number of ether oxygens (including phenoxy) is 1. The zero-order chi connectivity index (χ0) is 14.5. The molecule has 0 aromatic carbocycles. The molecule has 112 valence electrons. The van der Waals surface area contributed by atoms with Crippen LogP contribution in [0.1, 0.15) is 23.4 Å². The van der Waals surface area contributed by atoms with Gasteiger partial charge in [-0.1, -0.05) is 0 Å². The molecule has 1 amide bonds. The second-order valence-electron chi connectivity index (χ2n) is 5.38. The molecule has 1 aromatic rings. The minimum Gasteiger partial charge on any atom is -0.378 e. The van der Waals surface area contributed by atoms with Crippen LogP contribution in [0.4, 0.5) is 0 Å². The topological polar surface area (TPSA) is 46.5 Å². The molecule has 1 aliphatic heterocycles. The SMILES string of the molecule is Cc1cc(CNCCC(=O)N2CCOCC2)c(C)n1C. The molecule has 0 spiro atoms. The predicted molar refractivity (Wildman–Crippen MR) is 78.6 cm³/mol. The smallest absolute Gasteiger partial charge is 0.224 e. The van der Waals surface area contributed by atoms with Crippen molar-refractivity contribution in [2.24, 2.45) is 7.05 Å². The number of nitrogens with zero attached hydrogens (tertiary/aromatic N) is 2. The van der Waals surface area contributed by atoms with Crippen molar-refractivity contribution in [3.05, 3.63) is 23.0 Å². The zero-order valence-corrected chi connectivity index (χ0v) is 12.7. The van der Waals surface area contributed by atoms with Crippen molar-refractivity contribution >= 4 is 5.91 Å². The third-order valence-electron chi connectivity index (χ3n) is 4.07. The number of hydrogen-bond donors (Lipinski definition) is 1. The molecular formula is C15H25N3O2. The van der Waals surface area contributed by atoms with Crippen molar-refractivity contribution in [1.29, 1.82) is 0 Å². The Morgan fingerprint density at radius 1 is 1.35 bits per heavy atom. The Kier molecular flexibility index (Phi) is 5.20. The van der Waals surface area contributed by atoms with Gasteiger partial charge in [-0.05, 0) is 25.5 Å². The van der Waals surface area contributed by atoms with Crippen molar-refractivity contribution in [1.82, 2.24) is 14.8 Å². The number of morpholine rings is 1. The van der Waals surface area contributed by atoms with E-state index in [9.17, 15) is 4.79 Å². The van der Waals surface area contributed by atoms with E-state index < -0.39 is 0 Å². The number of hydrogen-bond acceptors (Lipinski definition) is 3. The normalized spacial score (nSPS) is 15.7. The Balaban J connectivity index is 1.70. The van der Waals surface area contributed by atoms with Gasteiger partial charge < -0.3 is 19.5 Å². The monoisotopic (exact) mass is 279 g/mol.